The van der Waals surface area contributed by atoms with Gasteiger partial charge in [-0.15, -0.1) is 0 Å². The van der Waals surface area contributed by atoms with Crippen LogP contribution in [-0.2, 0) is 6.54 Å². The Morgan fingerprint density at radius 2 is 2.12 bits per heavy atom. The van der Waals surface area contributed by atoms with Crippen LogP contribution in [-0.4, -0.2) is 4.98 Å². The molecule has 88 valence electrons. The summed E-state index contributed by atoms with van der Waals surface area (Å²) in [5.41, 5.74) is 7.44. The fourth-order valence-corrected chi connectivity index (χ4v) is 1.78. The molecule has 17 heavy (non-hydrogen) atoms. The van der Waals surface area contributed by atoms with Crippen LogP contribution in [0.4, 0.5) is 0 Å². The van der Waals surface area contributed by atoms with Crippen LogP contribution >= 0.6 is 15.9 Å². The number of hydrogen-bond donors (Lipinski definition) is 1. The molecule has 0 bridgehead atoms. The molecule has 0 spiro atoms. The summed E-state index contributed by atoms with van der Waals surface area (Å²) in [7, 11) is 0. The summed E-state index contributed by atoms with van der Waals surface area (Å²) < 4.78 is 6.80. The van der Waals surface area contributed by atoms with Crippen molar-refractivity contribution in [1.82, 2.24) is 4.98 Å². The lowest BCUT2D eigenvalue weighted by molar-refractivity contribution is 0.477. The molecule has 4 heteroatoms. The van der Waals surface area contributed by atoms with Gasteiger partial charge < -0.3 is 10.5 Å². The smallest absolute Gasteiger partial charge is 0.131 e. The topological polar surface area (TPSA) is 48.1 Å². The molecule has 1 heterocycles. The van der Waals surface area contributed by atoms with E-state index < -0.39 is 0 Å². The molecule has 0 atom stereocenters. The van der Waals surface area contributed by atoms with Gasteiger partial charge in [0.15, 0.2) is 0 Å². The van der Waals surface area contributed by atoms with Crippen LogP contribution in [0.25, 0.3) is 0 Å². The SMILES string of the molecule is Cc1ccc(Br)cc1Oc1ccnc(CN)c1. The van der Waals surface area contributed by atoms with Gasteiger partial charge in [-0.2, -0.15) is 0 Å². The number of benzene rings is 1. The van der Waals surface area contributed by atoms with E-state index in [-0.39, 0.29) is 0 Å². The van der Waals surface area contributed by atoms with Crippen molar-refractivity contribution in [2.75, 3.05) is 0 Å². The predicted molar refractivity (Wildman–Crippen MR) is 71.1 cm³/mol. The maximum absolute atomic E-state index is 5.81. The Morgan fingerprint density at radius 1 is 1.29 bits per heavy atom. The minimum atomic E-state index is 0.411. The highest BCUT2D eigenvalue weighted by atomic mass is 79.9. The molecular weight excluding hydrogens is 280 g/mol. The van der Waals surface area contributed by atoms with Gasteiger partial charge in [-0.1, -0.05) is 22.0 Å². The molecule has 0 aliphatic heterocycles. The van der Waals surface area contributed by atoms with Crippen molar-refractivity contribution in [3.05, 3.63) is 52.3 Å². The van der Waals surface area contributed by atoms with Crippen LogP contribution in [0.5, 0.6) is 11.5 Å². The maximum Gasteiger partial charge on any atom is 0.131 e. The maximum atomic E-state index is 5.81. The van der Waals surface area contributed by atoms with Gasteiger partial charge in [0.05, 0.1) is 5.69 Å². The van der Waals surface area contributed by atoms with E-state index >= 15 is 0 Å². The van der Waals surface area contributed by atoms with Gasteiger partial charge in [0.25, 0.3) is 0 Å². The summed E-state index contributed by atoms with van der Waals surface area (Å²) >= 11 is 3.43. The Hall–Kier alpha value is -1.39. The number of ether oxygens (including phenoxy) is 1. The Bertz CT molecular complexity index is 529. The second-order valence-electron chi connectivity index (χ2n) is 3.70. The van der Waals surface area contributed by atoms with Crippen molar-refractivity contribution in [3.8, 4) is 11.5 Å². The molecule has 2 N–H and O–H groups in total. The summed E-state index contributed by atoms with van der Waals surface area (Å²) in [5, 5.41) is 0. The summed E-state index contributed by atoms with van der Waals surface area (Å²) in [6.45, 7) is 2.42. The van der Waals surface area contributed by atoms with Gasteiger partial charge in [0.2, 0.25) is 0 Å². The van der Waals surface area contributed by atoms with Crippen molar-refractivity contribution < 1.29 is 4.74 Å². The quantitative estimate of drug-likeness (QED) is 0.943. The minimum absolute atomic E-state index is 0.411. The first-order valence-corrected chi connectivity index (χ1v) is 6.07. The fourth-order valence-electron chi connectivity index (χ4n) is 1.44. The van der Waals surface area contributed by atoms with Crippen LogP contribution in [0, 0.1) is 6.92 Å². The third-order valence-electron chi connectivity index (χ3n) is 2.38. The van der Waals surface area contributed by atoms with E-state index in [0.717, 1.165) is 27.2 Å². The lowest BCUT2D eigenvalue weighted by Crippen LogP contribution is -1.99. The third-order valence-corrected chi connectivity index (χ3v) is 2.87. The number of hydrogen-bond acceptors (Lipinski definition) is 3. The average molecular weight is 293 g/mol. The second-order valence-corrected chi connectivity index (χ2v) is 4.61. The number of rotatable bonds is 3. The molecular formula is C13H13BrN2O. The lowest BCUT2D eigenvalue weighted by Gasteiger charge is -2.09. The highest BCUT2D eigenvalue weighted by molar-refractivity contribution is 9.10. The van der Waals surface area contributed by atoms with Gasteiger partial charge >= 0.3 is 0 Å². The molecule has 0 fully saturated rings. The molecule has 0 aliphatic carbocycles. The highest BCUT2D eigenvalue weighted by Gasteiger charge is 2.03. The molecule has 2 aromatic rings. The van der Waals surface area contributed by atoms with Gasteiger partial charge in [-0.25, -0.2) is 0 Å². The number of nitrogens with two attached hydrogens (primary N) is 1. The average Bonchev–Trinajstić information content (AvgIpc) is 2.34. The Balaban J connectivity index is 2.27. The van der Waals surface area contributed by atoms with Crippen LogP contribution in [0.2, 0.25) is 0 Å². The number of aryl methyl sites for hydroxylation is 1. The fraction of sp³-hybridized carbons (Fsp3) is 0.154. The molecule has 0 unspecified atom stereocenters. The molecule has 0 saturated heterocycles. The molecule has 0 aliphatic rings. The van der Waals surface area contributed by atoms with E-state index in [1.54, 1.807) is 6.20 Å². The van der Waals surface area contributed by atoms with Crippen molar-refractivity contribution in [2.24, 2.45) is 5.73 Å². The Morgan fingerprint density at radius 3 is 2.88 bits per heavy atom. The second kappa shape index (κ2) is 5.29. The van der Waals surface area contributed by atoms with Gasteiger partial charge in [0.1, 0.15) is 11.5 Å². The van der Waals surface area contributed by atoms with Crippen molar-refractivity contribution >= 4 is 15.9 Å². The number of aromatic nitrogens is 1. The normalized spacial score (nSPS) is 10.3. The van der Waals surface area contributed by atoms with Crippen molar-refractivity contribution in [2.45, 2.75) is 13.5 Å². The molecule has 2 rings (SSSR count). The molecule has 3 nitrogen and oxygen atoms in total. The highest BCUT2D eigenvalue weighted by Crippen LogP contribution is 2.28. The van der Waals surface area contributed by atoms with Crippen molar-refractivity contribution in [3.63, 3.8) is 0 Å². The molecule has 0 saturated carbocycles. The standard InChI is InChI=1S/C13H13BrN2O/c1-9-2-3-10(14)6-13(9)17-12-4-5-16-11(7-12)8-15/h2-7H,8,15H2,1H3. The predicted octanol–water partition coefficient (Wildman–Crippen LogP) is 3.40. The van der Waals surface area contributed by atoms with Crippen LogP contribution in [0.3, 0.4) is 0 Å². The van der Waals surface area contributed by atoms with Crippen LogP contribution < -0.4 is 10.5 Å². The van der Waals surface area contributed by atoms with Crippen LogP contribution in [0.15, 0.2) is 41.0 Å². The first-order chi connectivity index (χ1) is 8.19. The zero-order valence-corrected chi connectivity index (χ0v) is 11.1. The number of pyridine rings is 1. The van der Waals surface area contributed by atoms with E-state index in [1.165, 1.54) is 0 Å². The molecule has 0 radical (unpaired) electrons. The number of halogens is 1. The summed E-state index contributed by atoms with van der Waals surface area (Å²) in [6.07, 6.45) is 1.70. The van der Waals surface area contributed by atoms with E-state index in [4.69, 9.17) is 10.5 Å². The third kappa shape index (κ3) is 3.05. The summed E-state index contributed by atoms with van der Waals surface area (Å²) in [5.74, 6) is 1.58. The summed E-state index contributed by atoms with van der Waals surface area (Å²) in [6, 6.07) is 9.60. The monoisotopic (exact) mass is 292 g/mol. The minimum Gasteiger partial charge on any atom is -0.457 e. The van der Waals surface area contributed by atoms with Gasteiger partial charge in [0, 0.05) is 23.3 Å². The van der Waals surface area contributed by atoms with Gasteiger partial charge in [-0.05, 0) is 30.7 Å². The lowest BCUT2D eigenvalue weighted by atomic mass is 10.2. The first kappa shape index (κ1) is 12.1. The van der Waals surface area contributed by atoms with Crippen molar-refractivity contribution in [1.29, 1.82) is 0 Å². The largest absolute Gasteiger partial charge is 0.457 e. The van der Waals surface area contributed by atoms with E-state index in [1.807, 2.05) is 37.3 Å². The Labute approximate surface area is 109 Å². The van der Waals surface area contributed by atoms with E-state index in [0.29, 0.717) is 6.54 Å². The number of nitrogens with zero attached hydrogens (tertiary/aromatic N) is 1. The van der Waals surface area contributed by atoms with Gasteiger partial charge in [-0.3, -0.25) is 4.98 Å². The zero-order chi connectivity index (χ0) is 12.3. The van der Waals surface area contributed by atoms with E-state index in [9.17, 15) is 0 Å². The Kier molecular flexibility index (Phi) is 3.76. The molecule has 1 aromatic heterocycles. The molecule has 1 aromatic carbocycles. The summed E-state index contributed by atoms with van der Waals surface area (Å²) in [4.78, 5) is 4.13. The van der Waals surface area contributed by atoms with E-state index in [2.05, 4.69) is 20.9 Å². The van der Waals surface area contributed by atoms with Crippen LogP contribution in [0.1, 0.15) is 11.3 Å². The molecule has 0 amide bonds. The first-order valence-electron chi connectivity index (χ1n) is 5.28. The zero-order valence-electron chi connectivity index (χ0n) is 9.48.